The summed E-state index contributed by atoms with van der Waals surface area (Å²) in [6, 6.07) is 9.77. The lowest BCUT2D eigenvalue weighted by atomic mass is 10.2. The van der Waals surface area contributed by atoms with Gasteiger partial charge in [-0.1, -0.05) is 15.9 Å². The summed E-state index contributed by atoms with van der Waals surface area (Å²) in [5, 5.41) is 3.33. The van der Waals surface area contributed by atoms with Gasteiger partial charge < -0.3 is 15.5 Å². The third-order valence-corrected chi connectivity index (χ3v) is 4.67. The summed E-state index contributed by atoms with van der Waals surface area (Å²) in [7, 11) is 0. The summed E-state index contributed by atoms with van der Waals surface area (Å²) in [5.74, 6) is 0.791. The molecule has 0 bridgehead atoms. The van der Waals surface area contributed by atoms with E-state index in [0.29, 0.717) is 11.2 Å². The van der Waals surface area contributed by atoms with Gasteiger partial charge in [0.2, 0.25) is 0 Å². The van der Waals surface area contributed by atoms with Crippen molar-refractivity contribution in [2.45, 2.75) is 6.04 Å². The Morgan fingerprint density at radius 2 is 1.83 bits per heavy atom. The minimum Gasteiger partial charge on any atom is -0.451 e. The number of benzene rings is 1. The number of hydrogen-bond acceptors (Lipinski definition) is 3. The molecule has 0 fully saturated rings. The van der Waals surface area contributed by atoms with Crippen LogP contribution < -0.4 is 11.1 Å². The van der Waals surface area contributed by atoms with E-state index in [1.807, 2.05) is 30.3 Å². The second kappa shape index (κ2) is 6.23. The molecule has 96 valence electrons. The van der Waals surface area contributed by atoms with Gasteiger partial charge in [0, 0.05) is 16.7 Å². The molecule has 1 aromatic heterocycles. The number of nitrogens with one attached hydrogen (secondary N) is 1. The van der Waals surface area contributed by atoms with Crippen molar-refractivity contribution in [2.75, 3.05) is 11.9 Å². The van der Waals surface area contributed by atoms with Crippen molar-refractivity contribution < 1.29 is 4.42 Å². The number of nitrogens with two attached hydrogens (primary N) is 1. The number of rotatable bonds is 4. The first-order chi connectivity index (χ1) is 8.60. The maximum absolute atomic E-state index is 5.78. The van der Waals surface area contributed by atoms with Gasteiger partial charge in [-0.25, -0.2) is 0 Å². The molecule has 0 aliphatic heterocycles. The molecule has 2 rings (SSSR count). The van der Waals surface area contributed by atoms with Crippen LogP contribution in [0.15, 0.2) is 48.4 Å². The Morgan fingerprint density at radius 3 is 2.33 bits per heavy atom. The van der Waals surface area contributed by atoms with Gasteiger partial charge in [-0.2, -0.15) is 0 Å². The number of anilines is 1. The predicted molar refractivity (Wildman–Crippen MR) is 83.7 cm³/mol. The maximum Gasteiger partial charge on any atom is 0.183 e. The molecule has 1 aromatic carbocycles. The lowest BCUT2D eigenvalue weighted by Crippen LogP contribution is -2.19. The van der Waals surface area contributed by atoms with Gasteiger partial charge in [-0.3, -0.25) is 0 Å². The molecule has 18 heavy (non-hydrogen) atoms. The number of furan rings is 1. The first kappa shape index (κ1) is 14.1. The van der Waals surface area contributed by atoms with Gasteiger partial charge in [0.05, 0.1) is 10.5 Å². The minimum absolute atomic E-state index is 0.0613. The van der Waals surface area contributed by atoms with E-state index in [4.69, 9.17) is 10.2 Å². The Hall–Kier alpha value is -0.300. The smallest absolute Gasteiger partial charge is 0.183 e. The third-order valence-electron chi connectivity index (χ3n) is 2.43. The summed E-state index contributed by atoms with van der Waals surface area (Å²) in [5.41, 5.74) is 6.78. The van der Waals surface area contributed by atoms with Crippen LogP contribution in [0.5, 0.6) is 0 Å². The van der Waals surface area contributed by atoms with Gasteiger partial charge in [-0.15, -0.1) is 0 Å². The zero-order valence-corrected chi connectivity index (χ0v) is 14.0. The van der Waals surface area contributed by atoms with E-state index in [1.165, 1.54) is 0 Å². The average Bonchev–Trinajstić information content (AvgIpc) is 2.69. The van der Waals surface area contributed by atoms with Crippen molar-refractivity contribution in [1.82, 2.24) is 0 Å². The summed E-state index contributed by atoms with van der Waals surface area (Å²) in [6.07, 6.45) is 0. The number of halogens is 3. The maximum atomic E-state index is 5.78. The van der Waals surface area contributed by atoms with E-state index in [0.717, 1.165) is 20.4 Å². The molecule has 1 heterocycles. The van der Waals surface area contributed by atoms with E-state index >= 15 is 0 Å². The van der Waals surface area contributed by atoms with Gasteiger partial charge in [0.1, 0.15) is 5.76 Å². The fraction of sp³-hybridized carbons (Fsp3) is 0.167. The summed E-state index contributed by atoms with van der Waals surface area (Å²) in [4.78, 5) is 0. The predicted octanol–water partition coefficient (Wildman–Crippen LogP) is 4.68. The molecule has 3 N–H and O–H groups in total. The van der Waals surface area contributed by atoms with Crippen molar-refractivity contribution in [3.63, 3.8) is 0 Å². The molecule has 0 amide bonds. The highest BCUT2D eigenvalue weighted by molar-refractivity contribution is 9.13. The Kier molecular flexibility index (Phi) is 4.89. The highest BCUT2D eigenvalue weighted by Crippen LogP contribution is 2.31. The van der Waals surface area contributed by atoms with Crippen molar-refractivity contribution >= 4 is 53.5 Å². The van der Waals surface area contributed by atoms with E-state index in [2.05, 4.69) is 53.1 Å². The fourth-order valence-electron chi connectivity index (χ4n) is 1.53. The van der Waals surface area contributed by atoms with Crippen molar-refractivity contribution in [3.8, 4) is 0 Å². The van der Waals surface area contributed by atoms with Gasteiger partial charge >= 0.3 is 0 Å². The van der Waals surface area contributed by atoms with E-state index in [1.54, 1.807) is 0 Å². The van der Waals surface area contributed by atoms with Crippen LogP contribution in [0.2, 0.25) is 0 Å². The van der Waals surface area contributed by atoms with Crippen molar-refractivity contribution in [1.29, 1.82) is 0 Å². The third kappa shape index (κ3) is 3.38. The number of hydrogen-bond donors (Lipinski definition) is 2. The largest absolute Gasteiger partial charge is 0.451 e. The zero-order chi connectivity index (χ0) is 13.1. The van der Waals surface area contributed by atoms with Crippen molar-refractivity contribution in [3.05, 3.63) is 49.7 Å². The molecule has 0 saturated heterocycles. The van der Waals surface area contributed by atoms with Gasteiger partial charge in [-0.05, 0) is 62.2 Å². The molecule has 0 aliphatic carbocycles. The average molecular weight is 439 g/mol. The molecule has 1 unspecified atom stereocenters. The van der Waals surface area contributed by atoms with Crippen LogP contribution in [0.3, 0.4) is 0 Å². The van der Waals surface area contributed by atoms with E-state index < -0.39 is 0 Å². The van der Waals surface area contributed by atoms with Gasteiger partial charge in [0.25, 0.3) is 0 Å². The Morgan fingerprint density at radius 1 is 1.17 bits per heavy atom. The SMILES string of the molecule is NCC(Nc1ccc(Br)cc1)c1cc(Br)c(Br)o1. The molecule has 2 aromatic rings. The van der Waals surface area contributed by atoms with Gasteiger partial charge in [0.15, 0.2) is 4.67 Å². The lowest BCUT2D eigenvalue weighted by Gasteiger charge is -2.15. The molecule has 0 aliphatic rings. The van der Waals surface area contributed by atoms with E-state index in [9.17, 15) is 0 Å². The Bertz CT molecular complexity index is 505. The Balaban J connectivity index is 2.16. The molecule has 0 spiro atoms. The molecular formula is C12H11Br3N2O. The normalized spacial score (nSPS) is 12.4. The van der Waals surface area contributed by atoms with Crippen LogP contribution >= 0.6 is 47.8 Å². The molecule has 6 heteroatoms. The van der Waals surface area contributed by atoms with Crippen LogP contribution in [-0.4, -0.2) is 6.54 Å². The lowest BCUT2D eigenvalue weighted by molar-refractivity contribution is 0.462. The molecule has 0 saturated carbocycles. The summed E-state index contributed by atoms with van der Waals surface area (Å²) >= 11 is 10.1. The zero-order valence-electron chi connectivity index (χ0n) is 9.29. The molecular weight excluding hydrogens is 428 g/mol. The second-order valence-corrected chi connectivity index (χ2v) is 6.20. The van der Waals surface area contributed by atoms with Crippen molar-refractivity contribution in [2.24, 2.45) is 5.73 Å². The Labute approximate surface area is 131 Å². The first-order valence-corrected chi connectivity index (χ1v) is 7.65. The topological polar surface area (TPSA) is 51.2 Å². The highest BCUT2D eigenvalue weighted by atomic mass is 79.9. The van der Waals surface area contributed by atoms with Crippen LogP contribution in [0.1, 0.15) is 11.8 Å². The summed E-state index contributed by atoms with van der Waals surface area (Å²) in [6.45, 7) is 0.447. The van der Waals surface area contributed by atoms with Crippen LogP contribution in [0, 0.1) is 0 Å². The molecule has 1 atom stereocenters. The van der Waals surface area contributed by atoms with Crippen LogP contribution in [-0.2, 0) is 0 Å². The second-order valence-electron chi connectivity index (χ2n) is 3.71. The van der Waals surface area contributed by atoms with Crippen LogP contribution in [0.4, 0.5) is 5.69 Å². The standard InChI is InChI=1S/C12H11Br3N2O/c13-7-1-3-8(4-2-7)17-10(6-16)11-5-9(14)12(15)18-11/h1-5,10,17H,6,16H2. The summed E-state index contributed by atoms with van der Waals surface area (Å²) < 4.78 is 8.18. The highest BCUT2D eigenvalue weighted by Gasteiger charge is 2.16. The molecule has 0 radical (unpaired) electrons. The van der Waals surface area contributed by atoms with E-state index in [-0.39, 0.29) is 6.04 Å². The fourth-order valence-corrected chi connectivity index (χ4v) is 2.40. The monoisotopic (exact) mass is 436 g/mol. The minimum atomic E-state index is -0.0613. The molecule has 3 nitrogen and oxygen atoms in total. The first-order valence-electron chi connectivity index (χ1n) is 5.27. The van der Waals surface area contributed by atoms with Crippen LogP contribution in [0.25, 0.3) is 0 Å². The quantitative estimate of drug-likeness (QED) is 0.728.